The molecule has 0 aliphatic rings. The number of hydrogen-bond acceptors (Lipinski definition) is 8. The summed E-state index contributed by atoms with van der Waals surface area (Å²) in [6, 6.07) is 11.4. The van der Waals surface area contributed by atoms with Gasteiger partial charge in [-0.2, -0.15) is 5.10 Å². The van der Waals surface area contributed by atoms with Crippen molar-refractivity contribution < 1.29 is 14.2 Å². The summed E-state index contributed by atoms with van der Waals surface area (Å²) in [5, 5.41) is 4.23. The lowest BCUT2D eigenvalue weighted by atomic mass is 10.1. The summed E-state index contributed by atoms with van der Waals surface area (Å²) in [4.78, 5) is 13.5. The second kappa shape index (κ2) is 9.57. The molecule has 1 atom stereocenters. The maximum atomic E-state index is 6.34. The lowest BCUT2D eigenvalue weighted by Gasteiger charge is -2.18. The first-order chi connectivity index (χ1) is 17.5. The molecule has 0 saturated heterocycles. The highest BCUT2D eigenvalue weighted by Gasteiger charge is 2.19. The summed E-state index contributed by atoms with van der Waals surface area (Å²) < 4.78 is 20.4. The summed E-state index contributed by atoms with van der Waals surface area (Å²) in [6.07, 6.45) is 7.27. The van der Waals surface area contributed by atoms with Crippen LogP contribution in [0.3, 0.4) is 0 Å². The standard InChI is InChI=1S/C26H27N7O3/c1-16(33-25-21(31-26(33)27)9-19(12-29-25)20-13-30-32(2)14-20)18-6-7-22(23(10-18)34-3)36-15-17-5-8-24(35-4)28-11-17/h5-14,16H,15H2,1-4H3,(H2,27,31). The molecule has 0 aliphatic carbocycles. The summed E-state index contributed by atoms with van der Waals surface area (Å²) >= 11 is 0. The minimum atomic E-state index is -0.138. The zero-order valence-corrected chi connectivity index (χ0v) is 20.5. The van der Waals surface area contributed by atoms with Crippen LogP contribution in [-0.4, -0.2) is 43.5 Å². The number of nitrogen functional groups attached to an aromatic ring is 1. The van der Waals surface area contributed by atoms with Crippen molar-refractivity contribution in [3.05, 3.63) is 72.3 Å². The normalized spacial score (nSPS) is 12.0. The Hall–Kier alpha value is -4.60. The Morgan fingerprint density at radius 3 is 2.50 bits per heavy atom. The van der Waals surface area contributed by atoms with Gasteiger partial charge in [0.15, 0.2) is 17.1 Å². The molecule has 184 valence electrons. The van der Waals surface area contributed by atoms with E-state index in [1.165, 1.54) is 0 Å². The SMILES string of the molecule is COc1ccc(COc2ccc(C(C)n3c(N)nc4cc(-c5cnn(C)c5)cnc43)cc2OC)cn1. The molecule has 5 aromatic rings. The number of nitrogens with zero attached hydrogens (tertiary/aromatic N) is 6. The van der Waals surface area contributed by atoms with Gasteiger partial charge in [-0.3, -0.25) is 9.25 Å². The molecule has 1 aromatic carbocycles. The molecule has 5 rings (SSSR count). The van der Waals surface area contributed by atoms with Gasteiger partial charge in [-0.05, 0) is 36.8 Å². The van der Waals surface area contributed by atoms with E-state index in [9.17, 15) is 0 Å². The smallest absolute Gasteiger partial charge is 0.212 e. The fourth-order valence-corrected chi connectivity index (χ4v) is 4.10. The van der Waals surface area contributed by atoms with E-state index in [2.05, 4.69) is 20.1 Å². The molecule has 4 heterocycles. The van der Waals surface area contributed by atoms with Crippen molar-refractivity contribution in [2.75, 3.05) is 20.0 Å². The molecule has 0 saturated carbocycles. The highest BCUT2D eigenvalue weighted by molar-refractivity contribution is 5.80. The maximum absolute atomic E-state index is 6.34. The number of methoxy groups -OCH3 is 2. The molecule has 0 aliphatic heterocycles. The summed E-state index contributed by atoms with van der Waals surface area (Å²) in [6.45, 7) is 2.40. The van der Waals surface area contributed by atoms with Crippen LogP contribution in [0.25, 0.3) is 22.3 Å². The first kappa shape index (κ1) is 23.2. The first-order valence-corrected chi connectivity index (χ1v) is 11.4. The Bertz CT molecular complexity index is 1510. The number of hydrogen-bond donors (Lipinski definition) is 1. The fourth-order valence-electron chi connectivity index (χ4n) is 4.10. The molecular weight excluding hydrogens is 458 g/mol. The second-order valence-electron chi connectivity index (χ2n) is 8.39. The largest absolute Gasteiger partial charge is 0.493 e. The van der Waals surface area contributed by atoms with Crippen molar-refractivity contribution in [1.29, 1.82) is 0 Å². The van der Waals surface area contributed by atoms with Gasteiger partial charge in [0.1, 0.15) is 12.1 Å². The van der Waals surface area contributed by atoms with Crippen molar-refractivity contribution in [2.45, 2.75) is 19.6 Å². The summed E-state index contributed by atoms with van der Waals surface area (Å²) in [5.41, 5.74) is 11.6. The number of fused-ring (bicyclic) bond motifs is 1. The number of ether oxygens (including phenoxy) is 3. The van der Waals surface area contributed by atoms with Gasteiger partial charge in [0, 0.05) is 48.4 Å². The van der Waals surface area contributed by atoms with Crippen LogP contribution in [0.15, 0.2) is 61.2 Å². The third-order valence-corrected chi connectivity index (χ3v) is 6.05. The highest BCUT2D eigenvalue weighted by atomic mass is 16.5. The number of aromatic nitrogens is 6. The fraction of sp³-hybridized carbons (Fsp3) is 0.231. The molecule has 2 N–H and O–H groups in total. The van der Waals surface area contributed by atoms with E-state index < -0.39 is 0 Å². The van der Waals surface area contributed by atoms with E-state index in [1.807, 2.05) is 61.3 Å². The van der Waals surface area contributed by atoms with E-state index in [4.69, 9.17) is 19.9 Å². The Morgan fingerprint density at radius 2 is 1.81 bits per heavy atom. The molecule has 0 radical (unpaired) electrons. The van der Waals surface area contributed by atoms with Gasteiger partial charge >= 0.3 is 0 Å². The minimum Gasteiger partial charge on any atom is -0.493 e. The Labute approximate surface area is 208 Å². The molecule has 1 unspecified atom stereocenters. The van der Waals surface area contributed by atoms with Crippen molar-refractivity contribution in [2.24, 2.45) is 7.05 Å². The van der Waals surface area contributed by atoms with Crippen LogP contribution >= 0.6 is 0 Å². The van der Waals surface area contributed by atoms with Crippen LogP contribution in [0.2, 0.25) is 0 Å². The predicted octanol–water partition coefficient (Wildman–Crippen LogP) is 4.01. The number of rotatable bonds is 8. The molecule has 0 fully saturated rings. The van der Waals surface area contributed by atoms with Gasteiger partial charge in [-0.15, -0.1) is 0 Å². The Balaban J connectivity index is 1.40. The summed E-state index contributed by atoms with van der Waals surface area (Å²) in [5.74, 6) is 2.20. The lowest BCUT2D eigenvalue weighted by molar-refractivity contribution is 0.283. The van der Waals surface area contributed by atoms with Gasteiger partial charge in [0.25, 0.3) is 0 Å². The van der Waals surface area contributed by atoms with Gasteiger partial charge in [0.2, 0.25) is 11.8 Å². The number of anilines is 1. The number of imidazole rings is 1. The molecule has 36 heavy (non-hydrogen) atoms. The first-order valence-electron chi connectivity index (χ1n) is 11.4. The van der Waals surface area contributed by atoms with Crippen LogP contribution in [0.4, 0.5) is 5.95 Å². The van der Waals surface area contributed by atoms with E-state index in [-0.39, 0.29) is 6.04 Å². The predicted molar refractivity (Wildman–Crippen MR) is 136 cm³/mol. The monoisotopic (exact) mass is 485 g/mol. The summed E-state index contributed by atoms with van der Waals surface area (Å²) in [7, 11) is 5.08. The Kier molecular flexibility index (Phi) is 6.16. The third-order valence-electron chi connectivity index (χ3n) is 6.05. The van der Waals surface area contributed by atoms with Crippen LogP contribution in [0, 0.1) is 0 Å². The maximum Gasteiger partial charge on any atom is 0.212 e. The number of nitrogens with two attached hydrogens (primary N) is 1. The van der Waals surface area contributed by atoms with Crippen LogP contribution in [0.5, 0.6) is 17.4 Å². The quantitative estimate of drug-likeness (QED) is 0.351. The Morgan fingerprint density at radius 1 is 0.944 bits per heavy atom. The van der Waals surface area contributed by atoms with Gasteiger partial charge in [-0.25, -0.2) is 15.0 Å². The zero-order chi connectivity index (χ0) is 25.2. The average molecular weight is 486 g/mol. The van der Waals surface area contributed by atoms with Crippen LogP contribution in [0.1, 0.15) is 24.1 Å². The van der Waals surface area contributed by atoms with E-state index in [0.29, 0.717) is 35.6 Å². The number of pyridine rings is 2. The van der Waals surface area contributed by atoms with E-state index in [0.717, 1.165) is 27.8 Å². The highest BCUT2D eigenvalue weighted by Crippen LogP contribution is 2.34. The second-order valence-corrected chi connectivity index (χ2v) is 8.39. The van der Waals surface area contributed by atoms with Gasteiger partial charge in [-0.1, -0.05) is 6.07 Å². The number of benzene rings is 1. The van der Waals surface area contributed by atoms with E-state index in [1.54, 1.807) is 37.4 Å². The van der Waals surface area contributed by atoms with Gasteiger partial charge < -0.3 is 19.9 Å². The van der Waals surface area contributed by atoms with E-state index >= 15 is 0 Å². The topological polar surface area (TPSA) is 115 Å². The molecular formula is C26H27N7O3. The zero-order valence-electron chi connectivity index (χ0n) is 20.5. The molecule has 0 spiro atoms. The molecule has 10 heteroatoms. The van der Waals surface area contributed by atoms with Crippen molar-refractivity contribution >= 4 is 17.1 Å². The third kappa shape index (κ3) is 4.40. The molecule has 4 aromatic heterocycles. The molecule has 10 nitrogen and oxygen atoms in total. The van der Waals surface area contributed by atoms with Crippen molar-refractivity contribution in [3.8, 4) is 28.5 Å². The molecule has 0 bridgehead atoms. The minimum absolute atomic E-state index is 0.138. The van der Waals surface area contributed by atoms with Crippen LogP contribution in [-0.2, 0) is 13.7 Å². The molecule has 0 amide bonds. The average Bonchev–Trinajstić information content (AvgIpc) is 3.48. The van der Waals surface area contributed by atoms with Crippen molar-refractivity contribution in [1.82, 2.24) is 29.3 Å². The number of aryl methyl sites for hydroxylation is 1. The van der Waals surface area contributed by atoms with Crippen molar-refractivity contribution in [3.63, 3.8) is 0 Å². The lowest BCUT2D eigenvalue weighted by Crippen LogP contribution is -2.11. The van der Waals surface area contributed by atoms with Crippen LogP contribution < -0.4 is 19.9 Å². The van der Waals surface area contributed by atoms with Gasteiger partial charge in [0.05, 0.1) is 26.5 Å².